The van der Waals surface area contributed by atoms with E-state index in [1.165, 1.54) is 0 Å². The number of oxime groups is 1. The van der Waals surface area contributed by atoms with Gasteiger partial charge in [-0.3, -0.25) is 0 Å². The van der Waals surface area contributed by atoms with E-state index in [1.54, 1.807) is 12.1 Å². The quantitative estimate of drug-likeness (QED) is 0.386. The lowest BCUT2D eigenvalue weighted by atomic mass is 10.1. The minimum atomic E-state index is 0.0110. The van der Waals surface area contributed by atoms with Crippen molar-refractivity contribution in [3.8, 4) is 11.5 Å². The molecule has 0 aliphatic carbocycles. The third kappa shape index (κ3) is 3.30. The first kappa shape index (κ1) is 14.4. The van der Waals surface area contributed by atoms with Crippen molar-refractivity contribution < 1.29 is 9.94 Å². The molecular weight excluding hydrogens is 320 g/mol. The molecule has 5 heteroatoms. The first-order valence-electron chi connectivity index (χ1n) is 6.03. The van der Waals surface area contributed by atoms with Crippen molar-refractivity contribution in [3.05, 3.63) is 57.6 Å². The van der Waals surface area contributed by atoms with Crippen LogP contribution in [0.15, 0.2) is 46.0 Å². The molecule has 0 saturated heterocycles. The molecule has 0 atom stereocenters. The largest absolute Gasteiger partial charge is 0.457 e. The average Bonchev–Trinajstić information content (AvgIpc) is 2.37. The molecule has 0 fully saturated rings. The van der Waals surface area contributed by atoms with Crippen molar-refractivity contribution in [2.24, 2.45) is 10.9 Å². The standard InChI is InChI=1S/C15H15BrN2O2/c1-9-5-10(2)7-12(6-9)20-14-8-11(16)3-4-13(14)15(17)18-19/h3-8,19H,1-2H3,(H2,17,18). The molecule has 2 aromatic carbocycles. The van der Waals surface area contributed by atoms with Gasteiger partial charge in [-0.25, -0.2) is 0 Å². The zero-order valence-electron chi connectivity index (χ0n) is 11.2. The normalized spacial score (nSPS) is 11.4. The number of hydrogen-bond acceptors (Lipinski definition) is 3. The number of amidine groups is 1. The Bertz CT molecular complexity index is 649. The highest BCUT2D eigenvalue weighted by Gasteiger charge is 2.10. The van der Waals surface area contributed by atoms with Gasteiger partial charge < -0.3 is 15.7 Å². The molecule has 3 N–H and O–H groups in total. The third-order valence-corrected chi connectivity index (χ3v) is 3.24. The molecule has 0 spiro atoms. The number of aryl methyl sites for hydroxylation is 2. The Hall–Kier alpha value is -2.01. The van der Waals surface area contributed by atoms with Gasteiger partial charge in [0.15, 0.2) is 5.84 Å². The summed E-state index contributed by atoms with van der Waals surface area (Å²) >= 11 is 3.39. The molecule has 0 aliphatic heterocycles. The van der Waals surface area contributed by atoms with Crippen LogP contribution in [0.5, 0.6) is 11.5 Å². The van der Waals surface area contributed by atoms with Crippen molar-refractivity contribution in [1.82, 2.24) is 0 Å². The van der Waals surface area contributed by atoms with Crippen molar-refractivity contribution in [3.63, 3.8) is 0 Å². The molecule has 4 nitrogen and oxygen atoms in total. The molecule has 0 heterocycles. The summed E-state index contributed by atoms with van der Waals surface area (Å²) in [6, 6.07) is 11.3. The minimum absolute atomic E-state index is 0.0110. The maximum atomic E-state index is 8.83. The lowest BCUT2D eigenvalue weighted by molar-refractivity contribution is 0.318. The highest BCUT2D eigenvalue weighted by Crippen LogP contribution is 2.29. The summed E-state index contributed by atoms with van der Waals surface area (Å²) in [4.78, 5) is 0. The fourth-order valence-corrected chi connectivity index (χ4v) is 2.30. The summed E-state index contributed by atoms with van der Waals surface area (Å²) in [5, 5.41) is 11.9. The number of nitrogens with two attached hydrogens (primary N) is 1. The highest BCUT2D eigenvalue weighted by molar-refractivity contribution is 9.10. The van der Waals surface area contributed by atoms with Gasteiger partial charge in [-0.05, 0) is 55.3 Å². The van der Waals surface area contributed by atoms with Crippen LogP contribution in [0.1, 0.15) is 16.7 Å². The van der Waals surface area contributed by atoms with E-state index < -0.39 is 0 Å². The minimum Gasteiger partial charge on any atom is -0.457 e. The molecular formula is C15H15BrN2O2. The highest BCUT2D eigenvalue weighted by atomic mass is 79.9. The molecule has 0 unspecified atom stereocenters. The second kappa shape index (κ2) is 5.96. The van der Waals surface area contributed by atoms with Gasteiger partial charge in [0.1, 0.15) is 11.5 Å². The fraction of sp³-hybridized carbons (Fsp3) is 0.133. The van der Waals surface area contributed by atoms with Crippen LogP contribution >= 0.6 is 15.9 Å². The first-order chi connectivity index (χ1) is 9.49. The van der Waals surface area contributed by atoms with E-state index in [4.69, 9.17) is 15.7 Å². The summed E-state index contributed by atoms with van der Waals surface area (Å²) < 4.78 is 6.73. The second-order valence-electron chi connectivity index (χ2n) is 4.55. The van der Waals surface area contributed by atoms with Crippen LogP contribution in [0.3, 0.4) is 0 Å². The van der Waals surface area contributed by atoms with E-state index in [0.29, 0.717) is 17.1 Å². The third-order valence-electron chi connectivity index (χ3n) is 2.75. The lowest BCUT2D eigenvalue weighted by Gasteiger charge is -2.12. The van der Waals surface area contributed by atoms with Gasteiger partial charge in [0.25, 0.3) is 0 Å². The first-order valence-corrected chi connectivity index (χ1v) is 6.82. The number of halogens is 1. The van der Waals surface area contributed by atoms with Crippen molar-refractivity contribution in [2.45, 2.75) is 13.8 Å². The SMILES string of the molecule is Cc1cc(C)cc(Oc2cc(Br)ccc2/C(N)=N/O)c1. The van der Waals surface area contributed by atoms with E-state index in [9.17, 15) is 0 Å². The van der Waals surface area contributed by atoms with E-state index in [-0.39, 0.29) is 5.84 Å². The molecule has 0 aliphatic rings. The molecule has 0 bridgehead atoms. The zero-order chi connectivity index (χ0) is 14.7. The van der Waals surface area contributed by atoms with Crippen LogP contribution in [0.4, 0.5) is 0 Å². The van der Waals surface area contributed by atoms with E-state index >= 15 is 0 Å². The molecule has 0 amide bonds. The summed E-state index contributed by atoms with van der Waals surface area (Å²) in [6.07, 6.45) is 0. The Balaban J connectivity index is 2.44. The van der Waals surface area contributed by atoms with Crippen LogP contribution in [0.25, 0.3) is 0 Å². The van der Waals surface area contributed by atoms with Crippen LogP contribution in [0.2, 0.25) is 0 Å². The van der Waals surface area contributed by atoms with E-state index in [2.05, 4.69) is 27.2 Å². The average molecular weight is 335 g/mol. The Morgan fingerprint density at radius 2 is 1.80 bits per heavy atom. The van der Waals surface area contributed by atoms with Crippen LogP contribution < -0.4 is 10.5 Å². The number of hydrogen-bond donors (Lipinski definition) is 2. The maximum absolute atomic E-state index is 8.83. The van der Waals surface area contributed by atoms with Crippen LogP contribution in [-0.2, 0) is 0 Å². The van der Waals surface area contributed by atoms with Gasteiger partial charge in [0.05, 0.1) is 5.56 Å². The van der Waals surface area contributed by atoms with E-state index in [1.807, 2.05) is 32.0 Å². The Morgan fingerprint density at radius 1 is 1.15 bits per heavy atom. The smallest absolute Gasteiger partial charge is 0.173 e. The zero-order valence-corrected chi connectivity index (χ0v) is 12.8. The van der Waals surface area contributed by atoms with Gasteiger partial charge in [-0.15, -0.1) is 0 Å². The number of rotatable bonds is 3. The summed E-state index contributed by atoms with van der Waals surface area (Å²) in [7, 11) is 0. The lowest BCUT2D eigenvalue weighted by Crippen LogP contribution is -2.14. The molecule has 0 radical (unpaired) electrons. The topological polar surface area (TPSA) is 67.8 Å². The summed E-state index contributed by atoms with van der Waals surface area (Å²) in [5.74, 6) is 1.25. The monoisotopic (exact) mass is 334 g/mol. The number of ether oxygens (including phenoxy) is 1. The Morgan fingerprint density at radius 3 is 2.40 bits per heavy atom. The maximum Gasteiger partial charge on any atom is 0.173 e. The Kier molecular flexibility index (Phi) is 4.29. The predicted octanol–water partition coefficient (Wildman–Crippen LogP) is 3.95. The van der Waals surface area contributed by atoms with Crippen molar-refractivity contribution in [2.75, 3.05) is 0 Å². The molecule has 0 saturated carbocycles. The number of benzene rings is 2. The van der Waals surface area contributed by atoms with Gasteiger partial charge in [-0.2, -0.15) is 0 Å². The van der Waals surface area contributed by atoms with Crippen LogP contribution in [0, 0.1) is 13.8 Å². The molecule has 20 heavy (non-hydrogen) atoms. The van der Waals surface area contributed by atoms with Crippen molar-refractivity contribution >= 4 is 21.8 Å². The van der Waals surface area contributed by atoms with Gasteiger partial charge in [0.2, 0.25) is 0 Å². The molecule has 2 rings (SSSR count). The molecule has 104 valence electrons. The van der Waals surface area contributed by atoms with E-state index in [0.717, 1.165) is 15.6 Å². The summed E-state index contributed by atoms with van der Waals surface area (Å²) in [6.45, 7) is 4.01. The molecule has 2 aromatic rings. The van der Waals surface area contributed by atoms with Gasteiger partial charge in [0, 0.05) is 4.47 Å². The molecule has 0 aromatic heterocycles. The van der Waals surface area contributed by atoms with Crippen molar-refractivity contribution in [1.29, 1.82) is 0 Å². The summed E-state index contributed by atoms with van der Waals surface area (Å²) in [5.41, 5.74) is 8.42. The fourth-order valence-electron chi connectivity index (χ4n) is 1.96. The van der Waals surface area contributed by atoms with Crippen LogP contribution in [-0.4, -0.2) is 11.0 Å². The Labute approximate surface area is 126 Å². The second-order valence-corrected chi connectivity index (χ2v) is 5.47. The van der Waals surface area contributed by atoms with Gasteiger partial charge in [-0.1, -0.05) is 27.2 Å². The van der Waals surface area contributed by atoms with Gasteiger partial charge >= 0.3 is 0 Å². The number of nitrogens with zero attached hydrogens (tertiary/aromatic N) is 1. The predicted molar refractivity (Wildman–Crippen MR) is 82.6 cm³/mol.